The monoisotopic (exact) mass is 387 g/mol. The fourth-order valence-corrected chi connectivity index (χ4v) is 4.05. The normalized spacial score (nSPS) is 16.5. The summed E-state index contributed by atoms with van der Waals surface area (Å²) in [5.74, 6) is -0.196. The maximum atomic E-state index is 12.6. The second-order valence-corrected chi connectivity index (χ2v) is 7.72. The smallest absolute Gasteiger partial charge is 0.341 e. The molecule has 2 heterocycles. The number of anilines is 1. The van der Waals surface area contributed by atoms with Crippen molar-refractivity contribution >= 4 is 28.2 Å². The number of ether oxygens (including phenoxy) is 2. The zero-order valence-corrected chi connectivity index (χ0v) is 16.7. The van der Waals surface area contributed by atoms with Gasteiger partial charge in [-0.05, 0) is 36.8 Å². The van der Waals surface area contributed by atoms with Gasteiger partial charge in [0, 0.05) is 17.6 Å². The van der Waals surface area contributed by atoms with E-state index >= 15 is 0 Å². The summed E-state index contributed by atoms with van der Waals surface area (Å²) in [4.78, 5) is 25.0. The van der Waals surface area contributed by atoms with Crippen molar-refractivity contribution in [3.05, 3.63) is 40.8 Å². The second kappa shape index (κ2) is 8.67. The Morgan fingerprint density at radius 2 is 2.04 bits per heavy atom. The van der Waals surface area contributed by atoms with Gasteiger partial charge in [0.15, 0.2) is 0 Å². The van der Waals surface area contributed by atoms with Gasteiger partial charge in [-0.2, -0.15) is 0 Å². The first kappa shape index (κ1) is 19.6. The lowest BCUT2D eigenvalue weighted by Crippen LogP contribution is -2.27. The van der Waals surface area contributed by atoms with Crippen molar-refractivity contribution in [3.63, 3.8) is 0 Å². The lowest BCUT2D eigenvalue weighted by molar-refractivity contribution is -0.124. The quantitative estimate of drug-likeness (QED) is 0.721. The Morgan fingerprint density at radius 3 is 2.63 bits per heavy atom. The van der Waals surface area contributed by atoms with Crippen LogP contribution in [-0.4, -0.2) is 31.2 Å². The SMILES string of the molecule is CCOC(=O)c1c(-c2ccc(C(C)C)cc2)csc1NC(=O)C1CCCO1. The van der Waals surface area contributed by atoms with Gasteiger partial charge in [-0.25, -0.2) is 4.79 Å². The number of thiophene rings is 1. The molecule has 1 fully saturated rings. The van der Waals surface area contributed by atoms with Gasteiger partial charge in [-0.1, -0.05) is 38.1 Å². The predicted octanol–water partition coefficient (Wildman–Crippen LogP) is 4.83. The fraction of sp³-hybridized carbons (Fsp3) is 0.429. The molecule has 6 heteroatoms. The number of hydrogen-bond acceptors (Lipinski definition) is 5. The van der Waals surface area contributed by atoms with E-state index < -0.39 is 12.1 Å². The van der Waals surface area contributed by atoms with Crippen molar-refractivity contribution in [3.8, 4) is 11.1 Å². The molecule has 0 aliphatic carbocycles. The molecule has 0 saturated carbocycles. The Kier molecular flexibility index (Phi) is 6.29. The molecule has 1 N–H and O–H groups in total. The van der Waals surface area contributed by atoms with E-state index in [0.717, 1.165) is 17.5 Å². The standard InChI is InChI=1S/C21H25NO4S/c1-4-25-21(24)18-16(15-9-7-14(8-10-15)13(2)3)12-27-20(18)22-19(23)17-6-5-11-26-17/h7-10,12-13,17H,4-6,11H2,1-3H3,(H,22,23). The minimum Gasteiger partial charge on any atom is -0.462 e. The van der Waals surface area contributed by atoms with Crippen LogP contribution in [0.5, 0.6) is 0 Å². The van der Waals surface area contributed by atoms with Crippen LogP contribution in [0.2, 0.25) is 0 Å². The third kappa shape index (κ3) is 4.39. The Labute approximate surface area is 163 Å². The number of esters is 1. The van der Waals surface area contributed by atoms with Gasteiger partial charge >= 0.3 is 5.97 Å². The summed E-state index contributed by atoms with van der Waals surface area (Å²) in [6.45, 7) is 6.93. The molecule has 27 heavy (non-hydrogen) atoms. The second-order valence-electron chi connectivity index (χ2n) is 6.84. The number of benzene rings is 1. The molecule has 1 amide bonds. The van der Waals surface area contributed by atoms with Gasteiger partial charge in [-0.3, -0.25) is 4.79 Å². The topological polar surface area (TPSA) is 64.6 Å². The highest BCUT2D eigenvalue weighted by molar-refractivity contribution is 7.15. The van der Waals surface area contributed by atoms with Crippen LogP contribution in [0.15, 0.2) is 29.6 Å². The first-order valence-electron chi connectivity index (χ1n) is 9.32. The van der Waals surface area contributed by atoms with Crippen LogP contribution in [0.3, 0.4) is 0 Å². The summed E-state index contributed by atoms with van der Waals surface area (Å²) in [6, 6.07) is 8.14. The Balaban J connectivity index is 1.92. The van der Waals surface area contributed by atoms with Gasteiger partial charge in [0.1, 0.15) is 16.7 Å². The number of carbonyl (C=O) groups excluding carboxylic acids is 2. The zero-order valence-electron chi connectivity index (χ0n) is 15.9. The molecular formula is C21H25NO4S. The van der Waals surface area contributed by atoms with Crippen molar-refractivity contribution in [2.45, 2.75) is 45.6 Å². The molecule has 3 rings (SSSR count). The molecule has 2 aromatic rings. The zero-order chi connectivity index (χ0) is 19.4. The number of rotatable bonds is 6. The van der Waals surface area contributed by atoms with Crippen molar-refractivity contribution in [1.82, 2.24) is 0 Å². The largest absolute Gasteiger partial charge is 0.462 e. The average Bonchev–Trinajstić information content (AvgIpc) is 3.32. The van der Waals surface area contributed by atoms with E-state index in [1.807, 2.05) is 17.5 Å². The van der Waals surface area contributed by atoms with Crippen LogP contribution >= 0.6 is 11.3 Å². The number of carbonyl (C=O) groups is 2. The molecule has 1 aromatic carbocycles. The van der Waals surface area contributed by atoms with E-state index in [-0.39, 0.29) is 12.5 Å². The summed E-state index contributed by atoms with van der Waals surface area (Å²) in [6.07, 6.45) is 1.13. The highest BCUT2D eigenvalue weighted by atomic mass is 32.1. The average molecular weight is 388 g/mol. The van der Waals surface area contributed by atoms with E-state index in [4.69, 9.17) is 9.47 Å². The van der Waals surface area contributed by atoms with Crippen LogP contribution in [0.1, 0.15) is 55.5 Å². The molecule has 1 atom stereocenters. The van der Waals surface area contributed by atoms with Crippen molar-refractivity contribution in [2.24, 2.45) is 0 Å². The summed E-state index contributed by atoms with van der Waals surface area (Å²) in [5.41, 5.74) is 3.34. The van der Waals surface area contributed by atoms with Crippen LogP contribution in [0.25, 0.3) is 11.1 Å². The van der Waals surface area contributed by atoms with E-state index in [1.54, 1.807) is 6.92 Å². The molecule has 1 unspecified atom stereocenters. The predicted molar refractivity (Wildman–Crippen MR) is 107 cm³/mol. The van der Waals surface area contributed by atoms with Crippen molar-refractivity contribution in [1.29, 1.82) is 0 Å². The van der Waals surface area contributed by atoms with Gasteiger partial charge in [0.2, 0.25) is 0 Å². The summed E-state index contributed by atoms with van der Waals surface area (Å²) >= 11 is 1.33. The van der Waals surface area contributed by atoms with Gasteiger partial charge in [0.25, 0.3) is 5.91 Å². The first-order chi connectivity index (χ1) is 13.0. The minimum atomic E-state index is -0.448. The molecule has 0 spiro atoms. The molecule has 1 aliphatic heterocycles. The lowest BCUT2D eigenvalue weighted by Gasteiger charge is -2.12. The van der Waals surface area contributed by atoms with Gasteiger partial charge in [0.05, 0.1) is 6.61 Å². The highest BCUT2D eigenvalue weighted by Crippen LogP contribution is 2.37. The first-order valence-corrected chi connectivity index (χ1v) is 10.2. The number of amides is 1. The highest BCUT2D eigenvalue weighted by Gasteiger charge is 2.27. The fourth-order valence-electron chi connectivity index (χ4n) is 3.09. The number of hydrogen-bond donors (Lipinski definition) is 1. The van der Waals surface area contributed by atoms with Gasteiger partial charge in [-0.15, -0.1) is 11.3 Å². The minimum absolute atomic E-state index is 0.207. The third-order valence-corrected chi connectivity index (χ3v) is 5.51. The van der Waals surface area contributed by atoms with Crippen molar-refractivity contribution in [2.75, 3.05) is 18.5 Å². The molecule has 1 saturated heterocycles. The van der Waals surface area contributed by atoms with E-state index in [2.05, 4.69) is 31.3 Å². The van der Waals surface area contributed by atoms with E-state index in [1.165, 1.54) is 16.9 Å². The Morgan fingerprint density at radius 1 is 1.30 bits per heavy atom. The van der Waals surface area contributed by atoms with Crippen LogP contribution in [0, 0.1) is 0 Å². The maximum Gasteiger partial charge on any atom is 0.341 e. The molecule has 1 aromatic heterocycles. The summed E-state index contributed by atoms with van der Waals surface area (Å²) in [5, 5.41) is 5.27. The molecule has 0 bridgehead atoms. The molecule has 1 aliphatic rings. The van der Waals surface area contributed by atoms with Crippen LogP contribution in [-0.2, 0) is 14.3 Å². The lowest BCUT2D eigenvalue weighted by atomic mass is 9.98. The van der Waals surface area contributed by atoms with Crippen molar-refractivity contribution < 1.29 is 19.1 Å². The third-order valence-electron chi connectivity index (χ3n) is 4.62. The molecular weight excluding hydrogens is 362 g/mol. The summed E-state index contributed by atoms with van der Waals surface area (Å²) < 4.78 is 10.7. The maximum absolute atomic E-state index is 12.6. The van der Waals surface area contributed by atoms with E-state index in [9.17, 15) is 9.59 Å². The van der Waals surface area contributed by atoms with E-state index in [0.29, 0.717) is 29.5 Å². The Bertz CT molecular complexity index is 804. The van der Waals surface area contributed by atoms with Crippen LogP contribution in [0.4, 0.5) is 5.00 Å². The number of nitrogens with one attached hydrogen (secondary N) is 1. The molecule has 0 radical (unpaired) electrons. The molecule has 144 valence electrons. The Hall–Kier alpha value is -2.18. The summed E-state index contributed by atoms with van der Waals surface area (Å²) in [7, 11) is 0. The van der Waals surface area contributed by atoms with Crippen LogP contribution < -0.4 is 5.32 Å². The van der Waals surface area contributed by atoms with Gasteiger partial charge < -0.3 is 14.8 Å². The molecule has 5 nitrogen and oxygen atoms in total.